The third-order valence-electron chi connectivity index (χ3n) is 3.57. The molecule has 0 fully saturated rings. The summed E-state index contributed by atoms with van der Waals surface area (Å²) in [6, 6.07) is 6.32. The smallest absolute Gasteiger partial charge is 0.191 e. The van der Waals surface area contributed by atoms with Crippen LogP contribution in [0.15, 0.2) is 23.2 Å². The second-order valence-corrected chi connectivity index (χ2v) is 5.72. The van der Waals surface area contributed by atoms with Gasteiger partial charge in [0.2, 0.25) is 0 Å². The number of rotatable bonds is 11. The SMILES string of the molecule is CCCOc1cc(C)ccc1CNC(=NC)NCCCCOCC. The minimum absolute atomic E-state index is 0.692. The van der Waals surface area contributed by atoms with E-state index in [1.54, 1.807) is 7.05 Å². The Morgan fingerprint density at radius 1 is 1.12 bits per heavy atom. The van der Waals surface area contributed by atoms with Crippen molar-refractivity contribution in [3.63, 3.8) is 0 Å². The highest BCUT2D eigenvalue weighted by atomic mass is 16.5. The van der Waals surface area contributed by atoms with Crippen LogP contribution in [-0.2, 0) is 11.3 Å². The van der Waals surface area contributed by atoms with E-state index >= 15 is 0 Å². The molecule has 0 aliphatic rings. The van der Waals surface area contributed by atoms with Crippen molar-refractivity contribution < 1.29 is 9.47 Å². The molecule has 5 heteroatoms. The molecule has 1 rings (SSSR count). The zero-order valence-electron chi connectivity index (χ0n) is 15.7. The average Bonchev–Trinajstić information content (AvgIpc) is 2.59. The van der Waals surface area contributed by atoms with Gasteiger partial charge in [-0.25, -0.2) is 0 Å². The van der Waals surface area contributed by atoms with Gasteiger partial charge in [-0.2, -0.15) is 0 Å². The molecular formula is C19H33N3O2. The predicted molar refractivity (Wildman–Crippen MR) is 101 cm³/mol. The number of guanidine groups is 1. The Hall–Kier alpha value is -1.75. The third kappa shape index (κ3) is 8.20. The molecule has 5 nitrogen and oxygen atoms in total. The van der Waals surface area contributed by atoms with Crippen LogP contribution in [0.2, 0.25) is 0 Å². The number of hydrogen-bond donors (Lipinski definition) is 2. The summed E-state index contributed by atoms with van der Waals surface area (Å²) in [5.41, 5.74) is 2.36. The monoisotopic (exact) mass is 335 g/mol. The Morgan fingerprint density at radius 3 is 2.67 bits per heavy atom. The first-order chi connectivity index (χ1) is 11.7. The molecule has 0 radical (unpaired) electrons. The van der Waals surface area contributed by atoms with Gasteiger partial charge in [-0.1, -0.05) is 19.1 Å². The molecule has 0 saturated heterocycles. The van der Waals surface area contributed by atoms with E-state index < -0.39 is 0 Å². The van der Waals surface area contributed by atoms with Gasteiger partial charge in [-0.3, -0.25) is 4.99 Å². The molecule has 0 amide bonds. The summed E-state index contributed by atoms with van der Waals surface area (Å²) in [6.07, 6.45) is 3.13. The molecule has 136 valence electrons. The van der Waals surface area contributed by atoms with Gasteiger partial charge in [0.15, 0.2) is 5.96 Å². The van der Waals surface area contributed by atoms with Crippen molar-refractivity contribution in [3.05, 3.63) is 29.3 Å². The quantitative estimate of drug-likeness (QED) is 0.370. The first-order valence-electron chi connectivity index (χ1n) is 8.95. The van der Waals surface area contributed by atoms with E-state index in [0.717, 1.165) is 62.9 Å². The zero-order valence-corrected chi connectivity index (χ0v) is 15.7. The fourth-order valence-corrected chi connectivity index (χ4v) is 2.23. The van der Waals surface area contributed by atoms with Crippen LogP contribution in [0.25, 0.3) is 0 Å². The van der Waals surface area contributed by atoms with Gasteiger partial charge in [0.25, 0.3) is 0 Å². The maximum atomic E-state index is 5.85. The molecule has 0 saturated carbocycles. The number of unbranched alkanes of at least 4 members (excludes halogenated alkanes) is 1. The Bertz CT molecular complexity index is 490. The lowest BCUT2D eigenvalue weighted by Crippen LogP contribution is -2.37. The number of ether oxygens (including phenoxy) is 2. The molecular weight excluding hydrogens is 302 g/mol. The van der Waals surface area contributed by atoms with Gasteiger partial charge < -0.3 is 20.1 Å². The first-order valence-corrected chi connectivity index (χ1v) is 8.95. The molecule has 0 aromatic heterocycles. The molecule has 24 heavy (non-hydrogen) atoms. The van der Waals surface area contributed by atoms with E-state index in [-0.39, 0.29) is 0 Å². The topological polar surface area (TPSA) is 54.9 Å². The van der Waals surface area contributed by atoms with Crippen LogP contribution in [-0.4, -0.2) is 39.4 Å². The molecule has 0 heterocycles. The van der Waals surface area contributed by atoms with Gasteiger partial charge in [0.05, 0.1) is 6.61 Å². The molecule has 1 aromatic carbocycles. The highest BCUT2D eigenvalue weighted by Crippen LogP contribution is 2.20. The van der Waals surface area contributed by atoms with E-state index in [9.17, 15) is 0 Å². The zero-order chi connectivity index (χ0) is 17.6. The van der Waals surface area contributed by atoms with Gasteiger partial charge in [-0.15, -0.1) is 0 Å². The predicted octanol–water partition coefficient (Wildman–Crippen LogP) is 3.27. The number of aliphatic imine (C=N–C) groups is 1. The maximum Gasteiger partial charge on any atom is 0.191 e. The standard InChI is InChI=1S/C19H33N3O2/c1-5-12-24-18-14-16(3)9-10-17(18)15-22-19(20-4)21-11-7-8-13-23-6-2/h9-10,14H,5-8,11-13,15H2,1-4H3,(H2,20,21,22). The van der Waals surface area contributed by atoms with Crippen molar-refractivity contribution >= 4 is 5.96 Å². The van der Waals surface area contributed by atoms with Gasteiger partial charge in [-0.05, 0) is 44.7 Å². The molecule has 0 aliphatic carbocycles. The van der Waals surface area contributed by atoms with Crippen molar-refractivity contribution in [1.82, 2.24) is 10.6 Å². The Morgan fingerprint density at radius 2 is 1.96 bits per heavy atom. The lowest BCUT2D eigenvalue weighted by Gasteiger charge is -2.15. The van der Waals surface area contributed by atoms with E-state index in [2.05, 4.69) is 47.7 Å². The number of nitrogens with one attached hydrogen (secondary N) is 2. The van der Waals surface area contributed by atoms with Crippen LogP contribution < -0.4 is 15.4 Å². The van der Waals surface area contributed by atoms with Gasteiger partial charge in [0, 0.05) is 38.9 Å². The summed E-state index contributed by atoms with van der Waals surface area (Å²) >= 11 is 0. The maximum absolute atomic E-state index is 5.85. The summed E-state index contributed by atoms with van der Waals surface area (Å²) < 4.78 is 11.2. The van der Waals surface area contributed by atoms with Gasteiger partial charge in [0.1, 0.15) is 5.75 Å². The minimum Gasteiger partial charge on any atom is -0.493 e. The first kappa shape index (κ1) is 20.3. The fourth-order valence-electron chi connectivity index (χ4n) is 2.23. The molecule has 0 bridgehead atoms. The van der Waals surface area contributed by atoms with E-state index in [0.29, 0.717) is 6.54 Å². The second kappa shape index (κ2) is 12.6. The molecule has 0 aliphatic heterocycles. The summed E-state index contributed by atoms with van der Waals surface area (Å²) in [5.74, 6) is 1.77. The molecule has 1 aromatic rings. The normalized spacial score (nSPS) is 11.4. The summed E-state index contributed by atoms with van der Waals surface area (Å²) in [7, 11) is 1.79. The van der Waals surface area contributed by atoms with Crippen LogP contribution in [0.4, 0.5) is 0 Å². The van der Waals surface area contributed by atoms with Crippen LogP contribution in [0.1, 0.15) is 44.2 Å². The largest absolute Gasteiger partial charge is 0.493 e. The second-order valence-electron chi connectivity index (χ2n) is 5.72. The van der Waals surface area contributed by atoms with Crippen LogP contribution in [0, 0.1) is 6.92 Å². The van der Waals surface area contributed by atoms with Crippen LogP contribution in [0.3, 0.4) is 0 Å². The van der Waals surface area contributed by atoms with E-state index in [1.165, 1.54) is 5.56 Å². The summed E-state index contributed by atoms with van der Waals surface area (Å²) in [5, 5.41) is 6.68. The minimum atomic E-state index is 0.692. The number of benzene rings is 1. The lowest BCUT2D eigenvalue weighted by molar-refractivity contribution is 0.143. The van der Waals surface area contributed by atoms with Crippen molar-refractivity contribution in [3.8, 4) is 5.75 Å². The van der Waals surface area contributed by atoms with Crippen LogP contribution >= 0.6 is 0 Å². The number of nitrogens with zero attached hydrogens (tertiary/aromatic N) is 1. The number of aryl methyl sites for hydroxylation is 1. The van der Waals surface area contributed by atoms with E-state index in [1.807, 2.05) is 6.92 Å². The van der Waals surface area contributed by atoms with Crippen LogP contribution in [0.5, 0.6) is 5.75 Å². The van der Waals surface area contributed by atoms with Crippen molar-refractivity contribution in [2.75, 3.05) is 33.4 Å². The molecule has 0 atom stereocenters. The Balaban J connectivity index is 2.42. The lowest BCUT2D eigenvalue weighted by atomic mass is 10.1. The number of hydrogen-bond acceptors (Lipinski definition) is 3. The average molecular weight is 335 g/mol. The molecule has 0 spiro atoms. The molecule has 0 unspecified atom stereocenters. The van der Waals surface area contributed by atoms with Gasteiger partial charge >= 0.3 is 0 Å². The van der Waals surface area contributed by atoms with E-state index in [4.69, 9.17) is 9.47 Å². The van der Waals surface area contributed by atoms with Crippen molar-refractivity contribution in [2.45, 2.75) is 46.6 Å². The fraction of sp³-hybridized carbons (Fsp3) is 0.632. The Labute approximate surface area is 146 Å². The molecule has 2 N–H and O–H groups in total. The highest BCUT2D eigenvalue weighted by Gasteiger charge is 2.05. The highest BCUT2D eigenvalue weighted by molar-refractivity contribution is 5.79. The Kier molecular flexibility index (Phi) is 10.7. The van der Waals surface area contributed by atoms with Crippen molar-refractivity contribution in [1.29, 1.82) is 0 Å². The summed E-state index contributed by atoms with van der Waals surface area (Å²) in [6.45, 7) is 10.2. The summed E-state index contributed by atoms with van der Waals surface area (Å²) in [4.78, 5) is 4.27. The third-order valence-corrected chi connectivity index (χ3v) is 3.57. The van der Waals surface area contributed by atoms with Crippen molar-refractivity contribution in [2.24, 2.45) is 4.99 Å².